The van der Waals surface area contributed by atoms with Crippen molar-refractivity contribution in [2.45, 2.75) is 13.0 Å². The molecule has 0 fully saturated rings. The third-order valence-corrected chi connectivity index (χ3v) is 2.42. The molecule has 0 aromatic heterocycles. The SMILES string of the molecule is C=C1C=CC=CC1Oc1ccccc1C.O=CCl. The van der Waals surface area contributed by atoms with Crippen LogP contribution in [0.1, 0.15) is 5.56 Å². The molecular weight excluding hydrogens is 248 g/mol. The van der Waals surface area contributed by atoms with Gasteiger partial charge >= 0.3 is 0 Å². The van der Waals surface area contributed by atoms with Gasteiger partial charge in [-0.05, 0) is 41.8 Å². The summed E-state index contributed by atoms with van der Waals surface area (Å²) in [5, 5.41) is 0. The Kier molecular flexibility index (Phi) is 5.95. The summed E-state index contributed by atoms with van der Waals surface area (Å²) >= 11 is 4.32. The lowest BCUT2D eigenvalue weighted by molar-refractivity contribution is 0.285. The van der Waals surface area contributed by atoms with E-state index >= 15 is 0 Å². The Bertz CT molecular complexity index is 475. The Balaban J connectivity index is 0.000000492. The highest BCUT2D eigenvalue weighted by atomic mass is 35.5. The summed E-state index contributed by atoms with van der Waals surface area (Å²) in [7, 11) is 0. The Labute approximate surface area is 112 Å². The van der Waals surface area contributed by atoms with E-state index in [-0.39, 0.29) is 11.8 Å². The van der Waals surface area contributed by atoms with Crippen molar-refractivity contribution in [1.29, 1.82) is 0 Å². The number of rotatable bonds is 2. The maximum atomic E-state index is 8.57. The lowest BCUT2D eigenvalue weighted by Crippen LogP contribution is -2.16. The van der Waals surface area contributed by atoms with Crippen molar-refractivity contribution < 1.29 is 9.53 Å². The molecule has 2 rings (SSSR count). The maximum Gasteiger partial charge on any atom is 0.208 e. The summed E-state index contributed by atoms with van der Waals surface area (Å²) < 4.78 is 5.86. The van der Waals surface area contributed by atoms with Gasteiger partial charge in [-0.25, -0.2) is 0 Å². The minimum Gasteiger partial charge on any atom is -0.481 e. The molecule has 3 heteroatoms. The standard InChI is InChI=1S/C14H14O.CHClO/c1-11-7-3-5-9-13(11)15-14-10-6-4-8-12(14)2;2-1-3/h3-10,13H,1H2,2H3;1H. The first-order valence-corrected chi connectivity index (χ1v) is 5.92. The molecule has 1 unspecified atom stereocenters. The van der Waals surface area contributed by atoms with Crippen molar-refractivity contribution in [1.82, 2.24) is 0 Å². The number of carbonyl (C=O) groups is 1. The fraction of sp³-hybridized carbons (Fsp3) is 0.133. The molecule has 0 spiro atoms. The topological polar surface area (TPSA) is 26.3 Å². The Morgan fingerprint density at radius 3 is 2.61 bits per heavy atom. The van der Waals surface area contributed by atoms with Gasteiger partial charge in [-0.3, -0.25) is 4.79 Å². The highest BCUT2D eigenvalue weighted by Crippen LogP contribution is 2.22. The maximum absolute atomic E-state index is 8.57. The van der Waals surface area contributed by atoms with Crippen molar-refractivity contribution >= 4 is 17.3 Å². The monoisotopic (exact) mass is 262 g/mol. The normalized spacial score (nSPS) is 16.8. The minimum atomic E-state index is -0.0314. The zero-order chi connectivity index (χ0) is 13.4. The molecule has 0 aliphatic heterocycles. The van der Waals surface area contributed by atoms with Gasteiger partial charge < -0.3 is 4.74 Å². The molecule has 0 N–H and O–H groups in total. The molecule has 1 aliphatic carbocycles. The third kappa shape index (κ3) is 4.22. The molecule has 0 saturated carbocycles. The second-order valence-corrected chi connectivity index (χ2v) is 3.89. The average molecular weight is 263 g/mol. The van der Waals surface area contributed by atoms with Crippen LogP contribution in [0.2, 0.25) is 0 Å². The van der Waals surface area contributed by atoms with Gasteiger partial charge in [0.05, 0.1) is 0 Å². The van der Waals surface area contributed by atoms with Crippen LogP contribution in [0.15, 0.2) is 60.7 Å². The van der Waals surface area contributed by atoms with Crippen LogP contribution in [-0.2, 0) is 4.79 Å². The summed E-state index contributed by atoms with van der Waals surface area (Å²) in [6, 6.07) is 8.01. The first-order valence-electron chi connectivity index (χ1n) is 5.49. The van der Waals surface area contributed by atoms with E-state index in [2.05, 4.69) is 18.2 Å². The van der Waals surface area contributed by atoms with Crippen LogP contribution in [0.3, 0.4) is 0 Å². The minimum absolute atomic E-state index is 0.0314. The predicted molar refractivity (Wildman–Crippen MR) is 75.6 cm³/mol. The molecule has 1 aromatic rings. The lowest BCUT2D eigenvalue weighted by atomic mass is 10.1. The largest absolute Gasteiger partial charge is 0.481 e. The number of para-hydroxylation sites is 1. The van der Waals surface area contributed by atoms with Gasteiger partial charge in [-0.2, -0.15) is 0 Å². The number of carbonyl (C=O) groups excluding carboxylic acids is 1. The van der Waals surface area contributed by atoms with Gasteiger partial charge in [0, 0.05) is 0 Å². The molecule has 0 radical (unpaired) electrons. The first-order chi connectivity index (χ1) is 8.69. The molecule has 1 atom stereocenters. The second-order valence-electron chi connectivity index (χ2n) is 3.71. The van der Waals surface area contributed by atoms with Crippen LogP contribution in [0.25, 0.3) is 0 Å². The number of benzene rings is 1. The molecule has 0 heterocycles. The van der Waals surface area contributed by atoms with Gasteiger partial charge in [-0.1, -0.05) is 43.0 Å². The number of ether oxygens (including phenoxy) is 1. The Morgan fingerprint density at radius 1 is 1.33 bits per heavy atom. The fourth-order valence-corrected chi connectivity index (χ4v) is 1.50. The van der Waals surface area contributed by atoms with Gasteiger partial charge in [-0.15, -0.1) is 0 Å². The highest BCUT2D eigenvalue weighted by Gasteiger charge is 2.11. The van der Waals surface area contributed by atoms with Crippen LogP contribution in [0.4, 0.5) is 0 Å². The van der Waals surface area contributed by atoms with Crippen LogP contribution in [-0.4, -0.2) is 11.8 Å². The molecule has 94 valence electrons. The van der Waals surface area contributed by atoms with Gasteiger partial charge in [0.25, 0.3) is 0 Å². The molecule has 18 heavy (non-hydrogen) atoms. The molecule has 0 saturated heterocycles. The zero-order valence-corrected chi connectivity index (χ0v) is 10.9. The Morgan fingerprint density at radius 2 is 2.00 bits per heavy atom. The van der Waals surface area contributed by atoms with E-state index in [1.54, 1.807) is 0 Å². The number of hydrogen-bond donors (Lipinski definition) is 0. The van der Waals surface area contributed by atoms with E-state index < -0.39 is 0 Å². The van der Waals surface area contributed by atoms with E-state index in [9.17, 15) is 0 Å². The molecule has 1 aliphatic rings. The van der Waals surface area contributed by atoms with Gasteiger partial charge in [0.15, 0.2) is 0 Å². The first kappa shape index (κ1) is 14.3. The Hall–Kier alpha value is -1.80. The number of hydrogen-bond acceptors (Lipinski definition) is 2. The highest BCUT2D eigenvalue weighted by molar-refractivity contribution is 6.54. The van der Waals surface area contributed by atoms with Crippen molar-refractivity contribution in [3.63, 3.8) is 0 Å². The van der Waals surface area contributed by atoms with E-state index in [1.165, 1.54) is 0 Å². The van der Waals surface area contributed by atoms with E-state index in [1.807, 2.05) is 55.5 Å². The van der Waals surface area contributed by atoms with Crippen molar-refractivity contribution in [3.05, 3.63) is 66.3 Å². The molecule has 0 bridgehead atoms. The van der Waals surface area contributed by atoms with E-state index in [4.69, 9.17) is 9.53 Å². The van der Waals surface area contributed by atoms with Crippen LogP contribution < -0.4 is 4.74 Å². The number of allylic oxidation sites excluding steroid dienone is 2. The van der Waals surface area contributed by atoms with Crippen LogP contribution >= 0.6 is 11.6 Å². The smallest absolute Gasteiger partial charge is 0.208 e. The number of aryl methyl sites for hydroxylation is 1. The van der Waals surface area contributed by atoms with E-state index in [0.29, 0.717) is 0 Å². The van der Waals surface area contributed by atoms with Crippen LogP contribution in [0.5, 0.6) is 5.75 Å². The predicted octanol–water partition coefficient (Wildman–Crippen LogP) is 3.84. The van der Waals surface area contributed by atoms with Crippen molar-refractivity contribution in [2.24, 2.45) is 0 Å². The molecule has 0 amide bonds. The third-order valence-electron chi connectivity index (χ3n) is 2.42. The number of halogens is 1. The summed E-state index contributed by atoms with van der Waals surface area (Å²) in [5.41, 5.74) is 2.13. The van der Waals surface area contributed by atoms with Gasteiger partial charge in [0.1, 0.15) is 11.9 Å². The van der Waals surface area contributed by atoms with Gasteiger partial charge in [0.2, 0.25) is 5.75 Å². The van der Waals surface area contributed by atoms with Crippen molar-refractivity contribution in [3.8, 4) is 5.75 Å². The summed E-state index contributed by atoms with van der Waals surface area (Å²) in [5.74, 6) is 1.14. The molecule has 2 nitrogen and oxygen atoms in total. The fourth-order valence-electron chi connectivity index (χ4n) is 1.50. The average Bonchev–Trinajstić information content (AvgIpc) is 2.36. The summed E-state index contributed by atoms with van der Waals surface area (Å²) in [6.45, 7) is 6.00. The molecule has 1 aromatic carbocycles. The summed E-state index contributed by atoms with van der Waals surface area (Å²) in [6.07, 6.45) is 7.91. The molecular formula is C15H15ClO2. The quantitative estimate of drug-likeness (QED) is 0.598. The summed E-state index contributed by atoms with van der Waals surface area (Å²) in [4.78, 5) is 8.57. The zero-order valence-electron chi connectivity index (χ0n) is 10.2. The van der Waals surface area contributed by atoms with Crippen LogP contribution in [0, 0.1) is 6.92 Å². The van der Waals surface area contributed by atoms with E-state index in [0.717, 1.165) is 16.9 Å². The van der Waals surface area contributed by atoms with Crippen molar-refractivity contribution in [2.75, 3.05) is 0 Å². The second kappa shape index (κ2) is 7.51. The lowest BCUT2D eigenvalue weighted by Gasteiger charge is -2.19.